The summed E-state index contributed by atoms with van der Waals surface area (Å²) in [7, 11) is 0. The minimum Gasteiger partial charge on any atom is -0.506 e. The maximum atomic E-state index is 9.92. The van der Waals surface area contributed by atoms with Crippen LogP contribution in [0.5, 0.6) is 5.75 Å². The Hall–Kier alpha value is -1.55. The first-order chi connectivity index (χ1) is 7.81. The predicted molar refractivity (Wildman–Crippen MR) is 62.4 cm³/mol. The highest BCUT2D eigenvalue weighted by atomic mass is 16.3. The number of imidazole rings is 1. The maximum Gasteiger partial charge on any atom is 0.141 e. The standard InChI is InChI=1S/C12H15N3O/c13-7-6-11-14-9-2-1-3-10(16)12(9)15(11)8-4-5-8/h1-3,8,16H,4-7,13H2. The molecule has 0 amide bonds. The molecule has 1 saturated carbocycles. The van der Waals surface area contributed by atoms with Crippen molar-refractivity contribution in [1.82, 2.24) is 9.55 Å². The van der Waals surface area contributed by atoms with Crippen molar-refractivity contribution < 1.29 is 5.11 Å². The van der Waals surface area contributed by atoms with E-state index >= 15 is 0 Å². The second-order valence-corrected chi connectivity index (χ2v) is 4.31. The number of nitrogens with zero attached hydrogens (tertiary/aromatic N) is 2. The Morgan fingerprint density at radius 3 is 2.94 bits per heavy atom. The number of phenols is 1. The second-order valence-electron chi connectivity index (χ2n) is 4.31. The van der Waals surface area contributed by atoms with Crippen LogP contribution in [0, 0.1) is 0 Å². The van der Waals surface area contributed by atoms with Gasteiger partial charge in [0.25, 0.3) is 0 Å². The summed E-state index contributed by atoms with van der Waals surface area (Å²) >= 11 is 0. The Bertz CT molecular complexity index is 528. The van der Waals surface area contributed by atoms with Crippen molar-refractivity contribution in [2.75, 3.05) is 6.54 Å². The molecule has 4 nitrogen and oxygen atoms in total. The molecule has 0 radical (unpaired) electrons. The van der Waals surface area contributed by atoms with Gasteiger partial charge in [-0.05, 0) is 31.5 Å². The molecule has 2 aromatic rings. The molecule has 0 saturated heterocycles. The van der Waals surface area contributed by atoms with E-state index in [2.05, 4.69) is 9.55 Å². The van der Waals surface area contributed by atoms with Crippen LogP contribution >= 0.6 is 0 Å². The van der Waals surface area contributed by atoms with Crippen LogP contribution in [0.25, 0.3) is 11.0 Å². The van der Waals surface area contributed by atoms with E-state index in [0.717, 1.165) is 23.3 Å². The third-order valence-electron chi connectivity index (χ3n) is 3.04. The lowest BCUT2D eigenvalue weighted by Crippen LogP contribution is -2.09. The smallest absolute Gasteiger partial charge is 0.141 e. The molecule has 1 heterocycles. The summed E-state index contributed by atoms with van der Waals surface area (Å²) in [6, 6.07) is 6.00. The quantitative estimate of drug-likeness (QED) is 0.820. The van der Waals surface area contributed by atoms with Gasteiger partial charge in [-0.1, -0.05) is 6.07 Å². The zero-order chi connectivity index (χ0) is 11.1. The van der Waals surface area contributed by atoms with E-state index in [-0.39, 0.29) is 0 Å². The summed E-state index contributed by atoms with van der Waals surface area (Å²) in [6.45, 7) is 0.594. The zero-order valence-corrected chi connectivity index (χ0v) is 9.06. The Kier molecular flexibility index (Phi) is 2.11. The van der Waals surface area contributed by atoms with Crippen LogP contribution in [0.3, 0.4) is 0 Å². The van der Waals surface area contributed by atoms with Crippen molar-refractivity contribution in [3.05, 3.63) is 24.0 Å². The lowest BCUT2D eigenvalue weighted by Gasteiger charge is -2.07. The summed E-state index contributed by atoms with van der Waals surface area (Å²) in [5.41, 5.74) is 7.33. The van der Waals surface area contributed by atoms with E-state index in [1.165, 1.54) is 12.8 Å². The molecule has 16 heavy (non-hydrogen) atoms. The van der Waals surface area contributed by atoms with Crippen LogP contribution in [0.2, 0.25) is 0 Å². The summed E-state index contributed by atoms with van der Waals surface area (Å²) < 4.78 is 2.16. The molecule has 0 atom stereocenters. The van der Waals surface area contributed by atoms with Gasteiger partial charge >= 0.3 is 0 Å². The topological polar surface area (TPSA) is 64.1 Å². The van der Waals surface area contributed by atoms with Gasteiger partial charge in [-0.3, -0.25) is 0 Å². The van der Waals surface area contributed by atoms with E-state index in [1.807, 2.05) is 12.1 Å². The average Bonchev–Trinajstić information content (AvgIpc) is 3.02. The number of fused-ring (bicyclic) bond motifs is 1. The number of hydrogen-bond acceptors (Lipinski definition) is 3. The first-order valence-corrected chi connectivity index (χ1v) is 5.70. The number of rotatable bonds is 3. The molecule has 3 rings (SSSR count). The Labute approximate surface area is 93.7 Å². The highest BCUT2D eigenvalue weighted by molar-refractivity contribution is 5.82. The number of benzene rings is 1. The van der Waals surface area contributed by atoms with Gasteiger partial charge in [0.2, 0.25) is 0 Å². The Morgan fingerprint density at radius 1 is 1.44 bits per heavy atom. The summed E-state index contributed by atoms with van der Waals surface area (Å²) in [4.78, 5) is 4.55. The number of nitrogens with two attached hydrogens (primary N) is 1. The number of phenolic OH excluding ortho intramolecular Hbond substituents is 1. The van der Waals surface area contributed by atoms with E-state index in [0.29, 0.717) is 18.3 Å². The molecule has 3 N–H and O–H groups in total. The van der Waals surface area contributed by atoms with E-state index in [1.54, 1.807) is 6.07 Å². The molecule has 1 aromatic heterocycles. The minimum atomic E-state index is 0.320. The lowest BCUT2D eigenvalue weighted by molar-refractivity contribution is 0.477. The van der Waals surface area contributed by atoms with Crippen molar-refractivity contribution in [3.8, 4) is 5.75 Å². The highest BCUT2D eigenvalue weighted by Gasteiger charge is 2.28. The van der Waals surface area contributed by atoms with Crippen LogP contribution in [0.15, 0.2) is 18.2 Å². The van der Waals surface area contributed by atoms with Crippen LogP contribution in [0.4, 0.5) is 0 Å². The van der Waals surface area contributed by atoms with Crippen molar-refractivity contribution in [2.24, 2.45) is 5.73 Å². The molecule has 1 aliphatic rings. The van der Waals surface area contributed by atoms with Gasteiger partial charge in [0.1, 0.15) is 17.1 Å². The predicted octanol–water partition coefficient (Wildman–Crippen LogP) is 1.58. The molecule has 84 valence electrons. The fourth-order valence-corrected chi connectivity index (χ4v) is 2.21. The van der Waals surface area contributed by atoms with E-state index in [9.17, 15) is 5.11 Å². The molecular formula is C12H15N3O. The fourth-order valence-electron chi connectivity index (χ4n) is 2.21. The van der Waals surface area contributed by atoms with Gasteiger partial charge in [-0.2, -0.15) is 0 Å². The lowest BCUT2D eigenvalue weighted by atomic mass is 10.3. The SMILES string of the molecule is NCCc1nc2cccc(O)c2n1C1CC1. The van der Waals surface area contributed by atoms with E-state index in [4.69, 9.17) is 5.73 Å². The number of aromatic hydroxyl groups is 1. The normalized spacial score (nSPS) is 15.8. The van der Waals surface area contributed by atoms with Gasteiger partial charge in [0.05, 0.1) is 5.52 Å². The maximum absolute atomic E-state index is 9.92. The van der Waals surface area contributed by atoms with Crippen molar-refractivity contribution in [2.45, 2.75) is 25.3 Å². The first kappa shape index (κ1) is 9.66. The molecule has 1 fully saturated rings. The third kappa shape index (κ3) is 1.38. The first-order valence-electron chi connectivity index (χ1n) is 5.70. The zero-order valence-electron chi connectivity index (χ0n) is 9.06. The van der Waals surface area contributed by atoms with Crippen molar-refractivity contribution in [3.63, 3.8) is 0 Å². The second kappa shape index (κ2) is 3.49. The van der Waals surface area contributed by atoms with Crippen molar-refractivity contribution >= 4 is 11.0 Å². The Balaban J connectivity index is 2.25. The Morgan fingerprint density at radius 2 is 2.25 bits per heavy atom. The molecule has 1 aliphatic carbocycles. The minimum absolute atomic E-state index is 0.320. The number of hydrogen-bond donors (Lipinski definition) is 2. The molecule has 4 heteroatoms. The van der Waals surface area contributed by atoms with Gasteiger partial charge < -0.3 is 15.4 Å². The third-order valence-corrected chi connectivity index (χ3v) is 3.04. The number of aromatic nitrogens is 2. The molecule has 0 aliphatic heterocycles. The van der Waals surface area contributed by atoms with Crippen LogP contribution in [-0.4, -0.2) is 21.2 Å². The van der Waals surface area contributed by atoms with Crippen LogP contribution in [-0.2, 0) is 6.42 Å². The van der Waals surface area contributed by atoms with Gasteiger partial charge in [-0.15, -0.1) is 0 Å². The van der Waals surface area contributed by atoms with Gasteiger partial charge in [0.15, 0.2) is 0 Å². The molecule has 1 aromatic carbocycles. The van der Waals surface area contributed by atoms with E-state index < -0.39 is 0 Å². The monoisotopic (exact) mass is 217 g/mol. The average molecular weight is 217 g/mol. The largest absolute Gasteiger partial charge is 0.506 e. The van der Waals surface area contributed by atoms with Gasteiger partial charge in [0, 0.05) is 12.5 Å². The highest BCUT2D eigenvalue weighted by Crippen LogP contribution is 2.40. The summed E-state index contributed by atoms with van der Waals surface area (Å²) in [6.07, 6.45) is 3.12. The molecule has 0 bridgehead atoms. The van der Waals surface area contributed by atoms with Gasteiger partial charge in [-0.25, -0.2) is 4.98 Å². The van der Waals surface area contributed by atoms with Crippen LogP contribution < -0.4 is 5.73 Å². The van der Waals surface area contributed by atoms with Crippen molar-refractivity contribution in [1.29, 1.82) is 0 Å². The molecule has 0 spiro atoms. The molecule has 0 unspecified atom stereocenters. The summed E-state index contributed by atoms with van der Waals surface area (Å²) in [5.74, 6) is 1.32. The molecular weight excluding hydrogens is 202 g/mol. The number of para-hydroxylation sites is 1. The van der Waals surface area contributed by atoms with Crippen LogP contribution in [0.1, 0.15) is 24.7 Å². The fraction of sp³-hybridized carbons (Fsp3) is 0.417. The summed E-state index contributed by atoms with van der Waals surface area (Å²) in [5, 5.41) is 9.92.